The molecule has 0 saturated carbocycles. The molecule has 8 heteroatoms. The number of aromatic nitrogens is 5. The van der Waals surface area contributed by atoms with E-state index in [0.717, 1.165) is 17.4 Å². The van der Waals surface area contributed by atoms with Crippen LogP contribution in [0.5, 0.6) is 0 Å². The number of carbonyl (C=O) groups excluding carboxylic acids is 1. The van der Waals surface area contributed by atoms with Gasteiger partial charge in [-0.15, -0.1) is 10.2 Å². The van der Waals surface area contributed by atoms with Crippen LogP contribution in [0.1, 0.15) is 45.1 Å². The van der Waals surface area contributed by atoms with Crippen molar-refractivity contribution in [3.05, 3.63) is 24.5 Å². The van der Waals surface area contributed by atoms with Crippen LogP contribution in [0.25, 0.3) is 0 Å². The number of thioether (sulfide) groups is 1. The molecule has 2 rings (SSSR count). The highest BCUT2D eigenvalue weighted by Gasteiger charge is 2.16. The van der Waals surface area contributed by atoms with Crippen LogP contribution < -0.4 is 5.32 Å². The van der Waals surface area contributed by atoms with Gasteiger partial charge in [0.05, 0.1) is 11.8 Å². The number of hydrogen-bond donors (Lipinski definition) is 2. The fourth-order valence-electron chi connectivity index (χ4n) is 1.89. The summed E-state index contributed by atoms with van der Waals surface area (Å²) in [6.07, 6.45) is 5.91. The molecule has 0 bridgehead atoms. The van der Waals surface area contributed by atoms with E-state index >= 15 is 0 Å². The van der Waals surface area contributed by atoms with Crippen LogP contribution in [0.4, 0.5) is 0 Å². The molecule has 2 N–H and O–H groups in total. The summed E-state index contributed by atoms with van der Waals surface area (Å²) in [7, 11) is 0. The van der Waals surface area contributed by atoms with Crippen LogP contribution in [0, 0.1) is 0 Å². The number of hydrogen-bond acceptors (Lipinski definition) is 5. The highest BCUT2D eigenvalue weighted by atomic mass is 32.2. The van der Waals surface area contributed by atoms with Crippen molar-refractivity contribution in [3.8, 4) is 0 Å². The molecular weight excluding hydrogens is 288 g/mol. The Hall–Kier alpha value is -1.83. The van der Waals surface area contributed by atoms with Crippen molar-refractivity contribution in [2.75, 3.05) is 5.75 Å². The van der Waals surface area contributed by atoms with Gasteiger partial charge in [0.15, 0.2) is 5.16 Å². The molecule has 1 atom stereocenters. The first-order chi connectivity index (χ1) is 10.1. The van der Waals surface area contributed by atoms with Crippen LogP contribution in [0.2, 0.25) is 0 Å². The Labute approximate surface area is 127 Å². The van der Waals surface area contributed by atoms with Gasteiger partial charge in [-0.05, 0) is 20.3 Å². The predicted octanol–water partition coefficient (Wildman–Crippen LogP) is 1.94. The monoisotopic (exact) mass is 308 g/mol. The van der Waals surface area contributed by atoms with Gasteiger partial charge >= 0.3 is 0 Å². The van der Waals surface area contributed by atoms with E-state index in [1.165, 1.54) is 11.8 Å². The molecule has 0 fully saturated rings. The molecule has 2 heterocycles. The number of imidazole rings is 1. The molecule has 0 aliphatic rings. The molecule has 0 saturated heterocycles. The van der Waals surface area contributed by atoms with Gasteiger partial charge in [0.2, 0.25) is 5.91 Å². The minimum Gasteiger partial charge on any atom is -0.347 e. The second-order valence-corrected chi connectivity index (χ2v) is 5.85. The summed E-state index contributed by atoms with van der Waals surface area (Å²) in [6.45, 7) is 6.12. The standard InChI is InChI=1S/C13H20N6OS/c1-4-10(12-14-5-6-15-12)17-11(20)7-21-13-18-16-8-19(13)9(2)3/h5-6,8-10H,4,7H2,1-3H3,(H,14,15)(H,17,20). The zero-order valence-electron chi connectivity index (χ0n) is 12.4. The number of nitrogens with one attached hydrogen (secondary N) is 2. The Morgan fingerprint density at radius 3 is 2.95 bits per heavy atom. The molecule has 1 amide bonds. The average Bonchev–Trinajstić information content (AvgIpc) is 3.13. The molecule has 2 aromatic rings. The summed E-state index contributed by atoms with van der Waals surface area (Å²) in [4.78, 5) is 19.3. The van der Waals surface area contributed by atoms with Crippen molar-refractivity contribution in [1.82, 2.24) is 30.0 Å². The smallest absolute Gasteiger partial charge is 0.231 e. The number of aromatic amines is 1. The quantitative estimate of drug-likeness (QED) is 0.763. The molecule has 0 aliphatic heterocycles. The summed E-state index contributed by atoms with van der Waals surface area (Å²) in [6, 6.07) is 0.188. The van der Waals surface area contributed by atoms with Gasteiger partial charge in [-0.3, -0.25) is 4.79 Å². The lowest BCUT2D eigenvalue weighted by Crippen LogP contribution is -2.30. The third-order valence-corrected chi connectivity index (χ3v) is 3.98. The predicted molar refractivity (Wildman–Crippen MR) is 80.9 cm³/mol. The fraction of sp³-hybridized carbons (Fsp3) is 0.538. The van der Waals surface area contributed by atoms with E-state index in [0.29, 0.717) is 5.75 Å². The van der Waals surface area contributed by atoms with Crippen LogP contribution in [-0.2, 0) is 4.79 Å². The van der Waals surface area contributed by atoms with Crippen LogP contribution in [-0.4, -0.2) is 36.4 Å². The minimum absolute atomic E-state index is 0.0402. The van der Waals surface area contributed by atoms with Gasteiger partial charge < -0.3 is 14.9 Å². The summed E-state index contributed by atoms with van der Waals surface area (Å²) in [5.74, 6) is 1.05. The van der Waals surface area contributed by atoms with E-state index < -0.39 is 0 Å². The van der Waals surface area contributed by atoms with Gasteiger partial charge in [0.25, 0.3) is 0 Å². The van der Waals surface area contributed by atoms with Gasteiger partial charge in [-0.2, -0.15) is 0 Å². The molecule has 1 unspecified atom stereocenters. The van der Waals surface area contributed by atoms with Crippen molar-refractivity contribution in [2.24, 2.45) is 0 Å². The number of carbonyl (C=O) groups is 1. The third kappa shape index (κ3) is 4.07. The molecule has 0 aliphatic carbocycles. The van der Waals surface area contributed by atoms with Crippen molar-refractivity contribution in [1.29, 1.82) is 0 Å². The Kier molecular flexibility index (Phi) is 5.38. The molecular formula is C13H20N6OS. The van der Waals surface area contributed by atoms with Crippen LogP contribution in [0.3, 0.4) is 0 Å². The summed E-state index contributed by atoms with van der Waals surface area (Å²) in [5.41, 5.74) is 0. The topological polar surface area (TPSA) is 88.5 Å². The first-order valence-corrected chi connectivity index (χ1v) is 7.91. The molecule has 114 valence electrons. The van der Waals surface area contributed by atoms with Crippen LogP contribution in [0.15, 0.2) is 23.9 Å². The molecule has 21 heavy (non-hydrogen) atoms. The van der Waals surface area contributed by atoms with Crippen molar-refractivity contribution in [2.45, 2.75) is 44.4 Å². The highest BCUT2D eigenvalue weighted by molar-refractivity contribution is 7.99. The van der Waals surface area contributed by atoms with Crippen molar-refractivity contribution >= 4 is 17.7 Å². The minimum atomic E-state index is -0.0870. The first kappa shape index (κ1) is 15.6. The van der Waals surface area contributed by atoms with E-state index in [2.05, 4.69) is 39.3 Å². The Bertz CT molecular complexity index is 565. The van der Waals surface area contributed by atoms with E-state index in [9.17, 15) is 4.79 Å². The lowest BCUT2D eigenvalue weighted by atomic mass is 10.2. The van der Waals surface area contributed by atoms with Crippen molar-refractivity contribution < 1.29 is 4.79 Å². The van der Waals surface area contributed by atoms with Crippen molar-refractivity contribution in [3.63, 3.8) is 0 Å². The second-order valence-electron chi connectivity index (χ2n) is 4.91. The lowest BCUT2D eigenvalue weighted by molar-refractivity contribution is -0.119. The lowest BCUT2D eigenvalue weighted by Gasteiger charge is -2.14. The zero-order valence-corrected chi connectivity index (χ0v) is 13.2. The summed E-state index contributed by atoms with van der Waals surface area (Å²) >= 11 is 1.39. The first-order valence-electron chi connectivity index (χ1n) is 6.92. The highest BCUT2D eigenvalue weighted by Crippen LogP contribution is 2.19. The fourth-order valence-corrected chi connectivity index (χ4v) is 2.74. The average molecular weight is 308 g/mol. The number of nitrogens with zero attached hydrogens (tertiary/aromatic N) is 4. The maximum atomic E-state index is 12.1. The Morgan fingerprint density at radius 2 is 2.33 bits per heavy atom. The SMILES string of the molecule is CCC(NC(=O)CSc1nncn1C(C)C)c1ncc[nH]1. The maximum absolute atomic E-state index is 12.1. The number of rotatable bonds is 7. The maximum Gasteiger partial charge on any atom is 0.231 e. The Morgan fingerprint density at radius 1 is 1.52 bits per heavy atom. The van der Waals surface area contributed by atoms with E-state index in [4.69, 9.17) is 0 Å². The molecule has 0 aromatic carbocycles. The molecule has 2 aromatic heterocycles. The normalized spacial score (nSPS) is 12.6. The Balaban J connectivity index is 1.88. The summed E-state index contributed by atoms with van der Waals surface area (Å²) < 4.78 is 1.95. The molecule has 0 spiro atoms. The van der Waals surface area contributed by atoms with Gasteiger partial charge in [-0.25, -0.2) is 4.98 Å². The zero-order chi connectivity index (χ0) is 15.2. The number of amides is 1. The molecule has 0 radical (unpaired) electrons. The van der Waals surface area contributed by atoms with Gasteiger partial charge in [-0.1, -0.05) is 18.7 Å². The van der Waals surface area contributed by atoms with E-state index in [1.807, 2.05) is 11.5 Å². The van der Waals surface area contributed by atoms with Gasteiger partial charge in [0.1, 0.15) is 12.2 Å². The third-order valence-electron chi connectivity index (χ3n) is 3.02. The molecule has 7 nitrogen and oxygen atoms in total. The largest absolute Gasteiger partial charge is 0.347 e. The number of H-pyrrole nitrogens is 1. The summed E-state index contributed by atoms with van der Waals surface area (Å²) in [5, 5.41) is 11.6. The van der Waals surface area contributed by atoms with E-state index in [-0.39, 0.29) is 18.0 Å². The van der Waals surface area contributed by atoms with E-state index in [1.54, 1.807) is 18.7 Å². The van der Waals surface area contributed by atoms with Crippen LogP contribution >= 0.6 is 11.8 Å². The van der Waals surface area contributed by atoms with Gasteiger partial charge in [0, 0.05) is 18.4 Å². The second kappa shape index (κ2) is 7.26.